The highest BCUT2D eigenvalue weighted by molar-refractivity contribution is 5.76. The summed E-state index contributed by atoms with van der Waals surface area (Å²) in [7, 11) is 0. The number of benzene rings is 1. The highest BCUT2D eigenvalue weighted by atomic mass is 16.4. The Labute approximate surface area is 95.7 Å². The van der Waals surface area contributed by atoms with Crippen molar-refractivity contribution in [3.8, 4) is 0 Å². The van der Waals surface area contributed by atoms with Crippen LogP contribution in [0.3, 0.4) is 0 Å². The Morgan fingerprint density at radius 2 is 2.19 bits per heavy atom. The molecule has 2 rings (SSSR count). The monoisotopic (exact) mass is 218 g/mol. The molecule has 0 aliphatic rings. The molecule has 0 bridgehead atoms. The zero-order chi connectivity index (χ0) is 11.8. The van der Waals surface area contributed by atoms with Gasteiger partial charge in [-0.25, -0.2) is 4.98 Å². The summed E-state index contributed by atoms with van der Waals surface area (Å²) < 4.78 is 5.78. The average molecular weight is 218 g/mol. The first-order chi connectivity index (χ1) is 7.54. The van der Waals surface area contributed by atoms with E-state index in [1.54, 1.807) is 0 Å². The standard InChI is InChI=1S/C13H18N2O/c1-4-8-13(3,14)12-15-10-7-5-6-9(2)11(10)16-12/h5-7H,4,8,14H2,1-3H3. The van der Waals surface area contributed by atoms with E-state index in [1.165, 1.54) is 0 Å². The molecule has 0 amide bonds. The van der Waals surface area contributed by atoms with Crippen LogP contribution in [0.25, 0.3) is 11.1 Å². The molecule has 3 nitrogen and oxygen atoms in total. The van der Waals surface area contributed by atoms with E-state index in [4.69, 9.17) is 10.2 Å². The lowest BCUT2D eigenvalue weighted by Crippen LogP contribution is -2.33. The van der Waals surface area contributed by atoms with Crippen LogP contribution in [0, 0.1) is 6.92 Å². The molecular weight excluding hydrogens is 200 g/mol. The van der Waals surface area contributed by atoms with Crippen molar-refractivity contribution in [1.82, 2.24) is 4.98 Å². The van der Waals surface area contributed by atoms with Crippen molar-refractivity contribution >= 4 is 11.1 Å². The fourth-order valence-electron chi connectivity index (χ4n) is 1.96. The molecule has 86 valence electrons. The Morgan fingerprint density at radius 3 is 2.81 bits per heavy atom. The summed E-state index contributed by atoms with van der Waals surface area (Å²) in [5.41, 5.74) is 8.58. The van der Waals surface area contributed by atoms with Gasteiger partial charge in [0.2, 0.25) is 5.89 Å². The van der Waals surface area contributed by atoms with Crippen LogP contribution in [0.4, 0.5) is 0 Å². The minimum Gasteiger partial charge on any atom is -0.438 e. The van der Waals surface area contributed by atoms with Crippen LogP contribution < -0.4 is 5.73 Å². The molecule has 2 aromatic rings. The van der Waals surface area contributed by atoms with Crippen LogP contribution in [-0.2, 0) is 5.54 Å². The van der Waals surface area contributed by atoms with E-state index >= 15 is 0 Å². The first-order valence-corrected chi connectivity index (χ1v) is 5.70. The zero-order valence-electron chi connectivity index (χ0n) is 10.1. The molecule has 1 unspecified atom stereocenters. The number of nitrogens with two attached hydrogens (primary N) is 1. The van der Waals surface area contributed by atoms with E-state index in [0.717, 1.165) is 29.5 Å². The molecule has 1 atom stereocenters. The van der Waals surface area contributed by atoms with E-state index in [-0.39, 0.29) is 0 Å². The normalized spacial score (nSPS) is 15.2. The molecule has 1 aromatic carbocycles. The minimum absolute atomic E-state index is 0.472. The largest absolute Gasteiger partial charge is 0.438 e. The third kappa shape index (κ3) is 1.83. The van der Waals surface area contributed by atoms with Crippen molar-refractivity contribution in [3.05, 3.63) is 29.7 Å². The Bertz CT molecular complexity index is 500. The Balaban J connectivity index is 2.51. The number of oxazole rings is 1. The number of aromatic nitrogens is 1. The van der Waals surface area contributed by atoms with Crippen molar-refractivity contribution in [2.24, 2.45) is 5.73 Å². The third-order valence-corrected chi connectivity index (χ3v) is 2.87. The first-order valence-electron chi connectivity index (χ1n) is 5.70. The maximum atomic E-state index is 6.21. The van der Waals surface area contributed by atoms with E-state index in [9.17, 15) is 0 Å². The van der Waals surface area contributed by atoms with Gasteiger partial charge in [0.25, 0.3) is 0 Å². The Morgan fingerprint density at radius 1 is 1.44 bits per heavy atom. The summed E-state index contributed by atoms with van der Waals surface area (Å²) in [4.78, 5) is 4.47. The van der Waals surface area contributed by atoms with Gasteiger partial charge in [-0.1, -0.05) is 25.5 Å². The number of rotatable bonds is 3. The molecule has 3 heteroatoms. The molecule has 2 N–H and O–H groups in total. The van der Waals surface area contributed by atoms with Gasteiger partial charge < -0.3 is 10.2 Å². The maximum absolute atomic E-state index is 6.21. The predicted octanol–water partition coefficient (Wildman–Crippen LogP) is 3.11. The van der Waals surface area contributed by atoms with Crippen molar-refractivity contribution in [3.63, 3.8) is 0 Å². The third-order valence-electron chi connectivity index (χ3n) is 2.87. The summed E-state index contributed by atoms with van der Waals surface area (Å²) in [6.45, 7) is 6.10. The molecule has 1 aromatic heterocycles. The molecule has 0 radical (unpaired) electrons. The van der Waals surface area contributed by atoms with Gasteiger partial charge in [-0.05, 0) is 31.9 Å². The van der Waals surface area contributed by atoms with Crippen molar-refractivity contribution in [2.75, 3.05) is 0 Å². The van der Waals surface area contributed by atoms with Gasteiger partial charge in [0.05, 0.1) is 5.54 Å². The fraction of sp³-hybridized carbons (Fsp3) is 0.462. The second-order valence-electron chi connectivity index (χ2n) is 4.61. The minimum atomic E-state index is -0.472. The van der Waals surface area contributed by atoms with E-state index in [1.807, 2.05) is 32.0 Å². The second-order valence-corrected chi connectivity index (χ2v) is 4.61. The number of fused-ring (bicyclic) bond motifs is 1. The van der Waals surface area contributed by atoms with Crippen LogP contribution in [0.2, 0.25) is 0 Å². The molecule has 0 saturated carbocycles. The van der Waals surface area contributed by atoms with E-state index in [2.05, 4.69) is 11.9 Å². The average Bonchev–Trinajstić information content (AvgIpc) is 2.63. The Kier molecular flexibility index (Phi) is 2.72. The lowest BCUT2D eigenvalue weighted by Gasteiger charge is -2.19. The molecule has 0 aliphatic carbocycles. The highest BCUT2D eigenvalue weighted by Gasteiger charge is 2.26. The number of hydrogen-bond donors (Lipinski definition) is 1. The van der Waals surface area contributed by atoms with Gasteiger partial charge in [0.1, 0.15) is 5.52 Å². The van der Waals surface area contributed by atoms with Crippen molar-refractivity contribution in [2.45, 2.75) is 39.2 Å². The summed E-state index contributed by atoms with van der Waals surface area (Å²) in [6.07, 6.45) is 1.89. The highest BCUT2D eigenvalue weighted by Crippen LogP contribution is 2.27. The van der Waals surface area contributed by atoms with Gasteiger partial charge in [0, 0.05) is 0 Å². The maximum Gasteiger partial charge on any atom is 0.215 e. The molecule has 16 heavy (non-hydrogen) atoms. The van der Waals surface area contributed by atoms with Gasteiger partial charge in [0.15, 0.2) is 5.58 Å². The molecular formula is C13H18N2O. The van der Waals surface area contributed by atoms with Crippen LogP contribution in [0.1, 0.15) is 38.1 Å². The predicted molar refractivity (Wildman–Crippen MR) is 65.2 cm³/mol. The van der Waals surface area contributed by atoms with Crippen molar-refractivity contribution in [1.29, 1.82) is 0 Å². The summed E-state index contributed by atoms with van der Waals surface area (Å²) in [5, 5.41) is 0. The van der Waals surface area contributed by atoms with E-state index in [0.29, 0.717) is 5.89 Å². The zero-order valence-corrected chi connectivity index (χ0v) is 10.1. The second kappa shape index (κ2) is 3.91. The summed E-state index contributed by atoms with van der Waals surface area (Å²) >= 11 is 0. The van der Waals surface area contributed by atoms with Gasteiger partial charge >= 0.3 is 0 Å². The number of nitrogens with zero attached hydrogens (tertiary/aromatic N) is 1. The van der Waals surface area contributed by atoms with Crippen LogP contribution >= 0.6 is 0 Å². The van der Waals surface area contributed by atoms with Gasteiger partial charge in [-0.2, -0.15) is 0 Å². The summed E-state index contributed by atoms with van der Waals surface area (Å²) in [6, 6.07) is 5.96. The first kappa shape index (κ1) is 11.1. The molecule has 0 saturated heterocycles. The Hall–Kier alpha value is -1.35. The van der Waals surface area contributed by atoms with Crippen LogP contribution in [0.15, 0.2) is 22.6 Å². The summed E-state index contributed by atoms with van der Waals surface area (Å²) in [5.74, 6) is 0.638. The van der Waals surface area contributed by atoms with Crippen LogP contribution in [0.5, 0.6) is 0 Å². The molecule has 0 spiro atoms. The molecule has 0 aliphatic heterocycles. The lowest BCUT2D eigenvalue weighted by molar-refractivity contribution is 0.341. The number of hydrogen-bond acceptors (Lipinski definition) is 3. The van der Waals surface area contributed by atoms with Crippen molar-refractivity contribution < 1.29 is 4.42 Å². The van der Waals surface area contributed by atoms with Gasteiger partial charge in [-0.15, -0.1) is 0 Å². The lowest BCUT2D eigenvalue weighted by atomic mass is 9.98. The number of para-hydroxylation sites is 1. The topological polar surface area (TPSA) is 52.0 Å². The van der Waals surface area contributed by atoms with Crippen LogP contribution in [-0.4, -0.2) is 4.98 Å². The number of aryl methyl sites for hydroxylation is 1. The van der Waals surface area contributed by atoms with E-state index < -0.39 is 5.54 Å². The smallest absolute Gasteiger partial charge is 0.215 e. The quantitative estimate of drug-likeness (QED) is 0.861. The van der Waals surface area contributed by atoms with Gasteiger partial charge in [-0.3, -0.25) is 0 Å². The fourth-order valence-corrected chi connectivity index (χ4v) is 1.96. The molecule has 0 fully saturated rings. The SMILES string of the molecule is CCCC(C)(N)c1nc2cccc(C)c2o1. The molecule has 1 heterocycles.